The van der Waals surface area contributed by atoms with Crippen LogP contribution in [0.2, 0.25) is 0 Å². The van der Waals surface area contributed by atoms with E-state index in [1.165, 1.54) is 11.8 Å². The topological polar surface area (TPSA) is 45.8 Å². The van der Waals surface area contributed by atoms with Crippen LogP contribution in [0, 0.1) is 0 Å². The van der Waals surface area contributed by atoms with E-state index in [-0.39, 0.29) is 5.56 Å². The fraction of sp³-hybridized carbons (Fsp3) is 0.500. The summed E-state index contributed by atoms with van der Waals surface area (Å²) in [5.74, 6) is 0.304. The molecule has 0 aromatic carbocycles. The molecule has 0 aliphatic heterocycles. The monoisotopic (exact) mass is 184 g/mol. The van der Waals surface area contributed by atoms with Gasteiger partial charge in [0.05, 0.1) is 5.69 Å². The van der Waals surface area contributed by atoms with E-state index in [0.29, 0.717) is 11.1 Å². The zero-order valence-electron chi connectivity index (χ0n) is 7.42. The first kappa shape index (κ1) is 9.32. The highest BCUT2D eigenvalue weighted by Gasteiger charge is 2.03. The number of rotatable bonds is 2. The molecule has 4 heteroatoms. The fourth-order valence-corrected chi connectivity index (χ4v) is 1.25. The second-order valence-corrected chi connectivity index (χ2v) is 3.63. The number of H-pyrrole nitrogens is 1. The first-order valence-electron chi connectivity index (χ1n) is 3.78. The van der Waals surface area contributed by atoms with E-state index in [1.54, 1.807) is 6.07 Å². The Balaban J connectivity index is 3.15. The van der Waals surface area contributed by atoms with E-state index in [1.807, 2.05) is 20.1 Å². The average Bonchev–Trinajstić information content (AvgIpc) is 2.03. The first-order chi connectivity index (χ1) is 5.63. The van der Waals surface area contributed by atoms with Gasteiger partial charge in [-0.2, -0.15) is 0 Å². The van der Waals surface area contributed by atoms with Gasteiger partial charge in [0.15, 0.2) is 5.16 Å². The van der Waals surface area contributed by atoms with Crippen molar-refractivity contribution < 1.29 is 0 Å². The summed E-state index contributed by atoms with van der Waals surface area (Å²) >= 11 is 1.45. The van der Waals surface area contributed by atoms with E-state index in [4.69, 9.17) is 0 Å². The van der Waals surface area contributed by atoms with E-state index in [9.17, 15) is 4.79 Å². The summed E-state index contributed by atoms with van der Waals surface area (Å²) < 4.78 is 0. The number of hydrogen-bond acceptors (Lipinski definition) is 3. The van der Waals surface area contributed by atoms with Gasteiger partial charge in [0.2, 0.25) is 0 Å². The maximum Gasteiger partial charge on any atom is 0.251 e. The lowest BCUT2D eigenvalue weighted by molar-refractivity contribution is 0.770. The van der Waals surface area contributed by atoms with Gasteiger partial charge < -0.3 is 4.98 Å². The van der Waals surface area contributed by atoms with Crippen molar-refractivity contribution in [3.05, 3.63) is 22.1 Å². The summed E-state index contributed by atoms with van der Waals surface area (Å²) in [5, 5.41) is 0.686. The van der Waals surface area contributed by atoms with Gasteiger partial charge in [-0.25, -0.2) is 4.98 Å². The lowest BCUT2D eigenvalue weighted by Crippen LogP contribution is -2.10. The van der Waals surface area contributed by atoms with Gasteiger partial charge >= 0.3 is 0 Å². The van der Waals surface area contributed by atoms with Gasteiger partial charge in [0.1, 0.15) is 0 Å². The molecule has 0 atom stereocenters. The van der Waals surface area contributed by atoms with E-state index < -0.39 is 0 Å². The highest BCUT2D eigenvalue weighted by molar-refractivity contribution is 7.98. The smallest absolute Gasteiger partial charge is 0.251 e. The number of hydrogen-bond donors (Lipinski definition) is 1. The molecule has 0 unspecified atom stereocenters. The molecule has 0 spiro atoms. The maximum atomic E-state index is 11.1. The van der Waals surface area contributed by atoms with Gasteiger partial charge in [-0.15, -0.1) is 0 Å². The largest absolute Gasteiger partial charge is 0.301 e. The van der Waals surface area contributed by atoms with Crippen LogP contribution in [0.15, 0.2) is 16.0 Å². The summed E-state index contributed by atoms with van der Waals surface area (Å²) in [7, 11) is 0. The zero-order chi connectivity index (χ0) is 9.14. The lowest BCUT2D eigenvalue weighted by atomic mass is 10.1. The molecular weight excluding hydrogens is 172 g/mol. The Morgan fingerprint density at radius 2 is 2.25 bits per heavy atom. The number of aromatic nitrogens is 2. The molecule has 0 aliphatic carbocycles. The second kappa shape index (κ2) is 3.76. The third-order valence-corrected chi connectivity index (χ3v) is 2.10. The van der Waals surface area contributed by atoms with Crippen LogP contribution < -0.4 is 5.56 Å². The van der Waals surface area contributed by atoms with Crippen LogP contribution in [0.3, 0.4) is 0 Å². The lowest BCUT2D eigenvalue weighted by Gasteiger charge is -2.03. The molecule has 1 rings (SSSR count). The minimum absolute atomic E-state index is 0.0712. The molecule has 0 saturated carbocycles. The summed E-state index contributed by atoms with van der Waals surface area (Å²) in [4.78, 5) is 18.0. The molecule has 1 heterocycles. The molecule has 0 aliphatic rings. The summed E-state index contributed by atoms with van der Waals surface area (Å²) in [5.41, 5.74) is 0.779. The van der Waals surface area contributed by atoms with E-state index >= 15 is 0 Å². The first-order valence-corrected chi connectivity index (χ1v) is 5.01. The average molecular weight is 184 g/mol. The van der Waals surface area contributed by atoms with Gasteiger partial charge in [0.25, 0.3) is 5.56 Å². The second-order valence-electron chi connectivity index (χ2n) is 2.83. The Morgan fingerprint density at radius 3 is 2.75 bits per heavy atom. The van der Waals surface area contributed by atoms with Gasteiger partial charge in [-0.1, -0.05) is 25.6 Å². The van der Waals surface area contributed by atoms with Crippen LogP contribution in [0.1, 0.15) is 25.5 Å². The zero-order valence-corrected chi connectivity index (χ0v) is 8.23. The predicted octanol–water partition coefficient (Wildman–Crippen LogP) is 1.62. The molecule has 1 aromatic heterocycles. The molecular formula is C8H12N2OS. The quantitative estimate of drug-likeness (QED) is 0.561. The maximum absolute atomic E-state index is 11.1. The Kier molecular flexibility index (Phi) is 2.92. The Labute approximate surface area is 75.6 Å². The normalized spacial score (nSPS) is 10.7. The summed E-state index contributed by atoms with van der Waals surface area (Å²) in [6.45, 7) is 4.04. The molecule has 1 N–H and O–H groups in total. The molecule has 0 amide bonds. The van der Waals surface area contributed by atoms with Crippen LogP contribution in [0.4, 0.5) is 0 Å². The Morgan fingerprint density at radius 1 is 1.58 bits per heavy atom. The van der Waals surface area contributed by atoms with Crippen molar-refractivity contribution in [3.8, 4) is 0 Å². The van der Waals surface area contributed by atoms with Crippen molar-refractivity contribution in [2.75, 3.05) is 6.26 Å². The number of nitrogens with zero attached hydrogens (tertiary/aromatic N) is 1. The summed E-state index contributed by atoms with van der Waals surface area (Å²) in [6, 6.07) is 1.55. The molecule has 0 saturated heterocycles. The van der Waals surface area contributed by atoms with Crippen molar-refractivity contribution >= 4 is 11.8 Å². The molecule has 0 fully saturated rings. The van der Waals surface area contributed by atoms with Crippen molar-refractivity contribution in [1.29, 1.82) is 0 Å². The van der Waals surface area contributed by atoms with Gasteiger partial charge in [0, 0.05) is 6.07 Å². The van der Waals surface area contributed by atoms with Crippen LogP contribution in [0.25, 0.3) is 0 Å². The van der Waals surface area contributed by atoms with Crippen LogP contribution in [-0.4, -0.2) is 16.2 Å². The molecule has 12 heavy (non-hydrogen) atoms. The van der Waals surface area contributed by atoms with Crippen molar-refractivity contribution in [1.82, 2.24) is 9.97 Å². The van der Waals surface area contributed by atoms with E-state index in [0.717, 1.165) is 5.69 Å². The molecule has 0 radical (unpaired) electrons. The highest BCUT2D eigenvalue weighted by Crippen LogP contribution is 2.12. The van der Waals surface area contributed by atoms with Gasteiger partial charge in [-0.3, -0.25) is 4.79 Å². The van der Waals surface area contributed by atoms with Crippen molar-refractivity contribution in [2.24, 2.45) is 0 Å². The van der Waals surface area contributed by atoms with E-state index in [2.05, 4.69) is 9.97 Å². The minimum Gasteiger partial charge on any atom is -0.301 e. The Bertz CT molecular complexity index is 319. The molecule has 1 aromatic rings. The molecule has 0 bridgehead atoms. The third-order valence-electron chi connectivity index (χ3n) is 1.52. The number of nitrogens with one attached hydrogen (secondary N) is 1. The van der Waals surface area contributed by atoms with Crippen molar-refractivity contribution in [3.63, 3.8) is 0 Å². The SMILES string of the molecule is CSc1nc(C(C)C)cc(=O)[nH]1. The van der Waals surface area contributed by atoms with Crippen LogP contribution >= 0.6 is 11.8 Å². The standard InChI is InChI=1S/C8H12N2OS/c1-5(2)6-4-7(11)10-8(9-6)12-3/h4-5H,1-3H3,(H,9,10,11). The Hall–Kier alpha value is -0.770. The van der Waals surface area contributed by atoms with Gasteiger partial charge in [-0.05, 0) is 12.2 Å². The number of thioether (sulfide) groups is 1. The van der Waals surface area contributed by atoms with Crippen molar-refractivity contribution in [2.45, 2.75) is 24.9 Å². The fourth-order valence-electron chi connectivity index (χ4n) is 0.846. The minimum atomic E-state index is -0.0712. The van der Waals surface area contributed by atoms with Crippen LogP contribution in [-0.2, 0) is 0 Å². The molecule has 3 nitrogen and oxygen atoms in total. The highest BCUT2D eigenvalue weighted by atomic mass is 32.2. The van der Waals surface area contributed by atoms with Crippen LogP contribution in [0.5, 0.6) is 0 Å². The predicted molar refractivity (Wildman–Crippen MR) is 50.7 cm³/mol. The molecule has 66 valence electrons. The number of aromatic amines is 1. The summed E-state index contributed by atoms with van der Waals surface area (Å²) in [6.07, 6.45) is 1.89. The third kappa shape index (κ3) is 2.11.